The number of aryl methyl sites for hydroxylation is 4. The van der Waals surface area contributed by atoms with Gasteiger partial charge in [-0.3, -0.25) is 0 Å². The van der Waals surface area contributed by atoms with Crippen LogP contribution >= 0.6 is 0 Å². The zero-order valence-electron chi connectivity index (χ0n) is 38.8. The van der Waals surface area contributed by atoms with E-state index in [0.717, 1.165) is 59.8 Å². The van der Waals surface area contributed by atoms with E-state index in [1.165, 1.54) is 98.7 Å². The van der Waals surface area contributed by atoms with Crippen LogP contribution in [0.25, 0.3) is 76.5 Å². The van der Waals surface area contributed by atoms with Crippen molar-refractivity contribution in [3.63, 3.8) is 0 Å². The molecule has 0 atom stereocenters. The Morgan fingerprint density at radius 2 is 0.443 bits per heavy atom. The fourth-order valence-corrected chi connectivity index (χ4v) is 11.6. The number of hydrogen-bond acceptors (Lipinski definition) is 2. The summed E-state index contributed by atoms with van der Waals surface area (Å²) in [5, 5.41) is 9.92. The Morgan fingerprint density at radius 3 is 0.714 bits per heavy atom. The molecule has 14 rings (SSSR count). The average Bonchev–Trinajstić information content (AvgIpc) is 3.42. The summed E-state index contributed by atoms with van der Waals surface area (Å²) in [4.78, 5) is 4.79. The molecule has 0 N–H and O–H groups in total. The lowest BCUT2D eigenvalue weighted by Gasteiger charge is -2.31. The van der Waals surface area contributed by atoms with Crippen molar-refractivity contribution in [2.75, 3.05) is 9.80 Å². The Labute approximate surface area is 409 Å². The first kappa shape index (κ1) is 40.4. The van der Waals surface area contributed by atoms with E-state index < -0.39 is 0 Å². The lowest BCUT2D eigenvalue weighted by atomic mass is 9.73. The molecule has 2 aliphatic rings. The third-order valence-electron chi connectivity index (χ3n) is 15.1. The number of rotatable bonds is 8. The number of nitrogens with zero attached hydrogens (tertiary/aromatic N) is 2. The quantitative estimate of drug-likeness (QED) is 0.150. The zero-order chi connectivity index (χ0) is 46.1. The summed E-state index contributed by atoms with van der Waals surface area (Å²) in [6.07, 6.45) is 4.20. The van der Waals surface area contributed by atoms with Gasteiger partial charge in [0.1, 0.15) is 0 Å². The first-order valence-electron chi connectivity index (χ1n) is 24.7. The fraction of sp³-hybridized carbons (Fsp3) is 0.0588. The Kier molecular flexibility index (Phi) is 9.52. The Hall–Kier alpha value is -8.72. The van der Waals surface area contributed by atoms with E-state index in [1.54, 1.807) is 0 Å². The number of anilines is 6. The molecule has 12 aromatic rings. The summed E-state index contributed by atoms with van der Waals surface area (Å²) in [5.74, 6) is 0. The van der Waals surface area contributed by atoms with Gasteiger partial charge in [-0.05, 0) is 197 Å². The Morgan fingerprint density at radius 1 is 0.200 bits per heavy atom. The molecule has 2 nitrogen and oxygen atoms in total. The fourth-order valence-electron chi connectivity index (χ4n) is 11.6. The van der Waals surface area contributed by atoms with Crippen molar-refractivity contribution in [1.29, 1.82) is 0 Å². The van der Waals surface area contributed by atoms with Gasteiger partial charge in [-0.2, -0.15) is 0 Å². The molecular formula is C68H48N2. The lowest BCUT2D eigenvalue weighted by molar-refractivity contribution is 0.878. The van der Waals surface area contributed by atoms with Crippen molar-refractivity contribution in [2.24, 2.45) is 0 Å². The number of fused-ring (bicyclic) bond motifs is 4. The molecule has 0 unspecified atom stereocenters. The maximum Gasteiger partial charge on any atom is 0.0468 e. The van der Waals surface area contributed by atoms with Gasteiger partial charge in [-0.25, -0.2) is 0 Å². The van der Waals surface area contributed by atoms with Crippen molar-refractivity contribution in [3.05, 3.63) is 265 Å². The van der Waals surface area contributed by atoms with E-state index in [1.807, 2.05) is 0 Å². The van der Waals surface area contributed by atoms with Gasteiger partial charge < -0.3 is 9.80 Å². The summed E-state index contributed by atoms with van der Waals surface area (Å²) in [5.41, 5.74) is 20.9. The van der Waals surface area contributed by atoms with E-state index in [2.05, 4.69) is 252 Å². The van der Waals surface area contributed by atoms with E-state index in [9.17, 15) is 0 Å². The van der Waals surface area contributed by atoms with E-state index >= 15 is 0 Å². The van der Waals surface area contributed by atoms with Crippen molar-refractivity contribution in [3.8, 4) is 33.4 Å². The Bertz CT molecular complexity index is 3540. The molecule has 0 radical (unpaired) electrons. The van der Waals surface area contributed by atoms with Crippen LogP contribution in [0.3, 0.4) is 0 Å². The van der Waals surface area contributed by atoms with Crippen LogP contribution in [0.15, 0.2) is 243 Å². The van der Waals surface area contributed by atoms with E-state index in [0.29, 0.717) is 0 Å². The van der Waals surface area contributed by atoms with Gasteiger partial charge in [-0.1, -0.05) is 170 Å². The summed E-state index contributed by atoms with van der Waals surface area (Å²) in [6, 6.07) is 90.1. The van der Waals surface area contributed by atoms with Gasteiger partial charge in [0.25, 0.3) is 0 Å². The molecule has 70 heavy (non-hydrogen) atoms. The maximum atomic E-state index is 2.49. The highest BCUT2D eigenvalue weighted by molar-refractivity contribution is 5.95. The highest BCUT2D eigenvalue weighted by Gasteiger charge is 2.28. The van der Waals surface area contributed by atoms with E-state index in [-0.39, 0.29) is 0 Å². The normalized spacial score (nSPS) is 12.6. The average molecular weight is 893 g/mol. The first-order chi connectivity index (χ1) is 34.6. The standard InChI is InChI=1S/C68H48N2/c1-5-13-51-41-63(33-25-45(51)9-1)69(64-34-26-46-10-2-6-14-52(46)42-64)61-29-21-49(22-30-61)59-37-55-17-19-57-39-60(40-58-20-18-56(38-59)67(55)68(57)58)50-23-31-62(32-24-50)70(65-35-27-47-11-3-7-15-53(47)43-65)66-36-28-48-12-4-8-16-54(48)44-66/h1-16,21-44H,17-20H2. The molecule has 0 saturated carbocycles. The predicted molar refractivity (Wildman–Crippen MR) is 297 cm³/mol. The van der Waals surface area contributed by atoms with Crippen LogP contribution in [0.5, 0.6) is 0 Å². The van der Waals surface area contributed by atoms with Crippen LogP contribution in [0.4, 0.5) is 34.1 Å². The molecule has 0 amide bonds. The predicted octanol–water partition coefficient (Wildman–Crippen LogP) is 18.4. The third kappa shape index (κ3) is 7.03. The van der Waals surface area contributed by atoms with Crippen LogP contribution in [-0.4, -0.2) is 0 Å². The molecule has 2 aliphatic carbocycles. The van der Waals surface area contributed by atoms with E-state index in [4.69, 9.17) is 0 Å². The van der Waals surface area contributed by atoms with Crippen molar-refractivity contribution in [1.82, 2.24) is 0 Å². The van der Waals surface area contributed by atoms with Crippen molar-refractivity contribution < 1.29 is 0 Å². The minimum absolute atomic E-state index is 1.05. The van der Waals surface area contributed by atoms with Gasteiger partial charge in [0.05, 0.1) is 0 Å². The second-order valence-corrected chi connectivity index (χ2v) is 19.2. The number of benzene rings is 12. The summed E-state index contributed by atoms with van der Waals surface area (Å²) >= 11 is 0. The first-order valence-corrected chi connectivity index (χ1v) is 24.7. The zero-order valence-corrected chi connectivity index (χ0v) is 38.8. The van der Waals surface area contributed by atoms with Crippen LogP contribution in [0.2, 0.25) is 0 Å². The van der Waals surface area contributed by atoms with Crippen LogP contribution in [-0.2, 0) is 25.7 Å². The largest absolute Gasteiger partial charge is 0.310 e. The second-order valence-electron chi connectivity index (χ2n) is 19.2. The highest BCUT2D eigenvalue weighted by atomic mass is 15.1. The summed E-state index contributed by atoms with van der Waals surface area (Å²) < 4.78 is 0. The Balaban J connectivity index is 0.778. The molecule has 2 heteroatoms. The SMILES string of the molecule is c1ccc2cc(N(c3ccc(-c4cc5c6c(c4)CCc4cc(-c7ccc(N(c8ccc9ccccc9c8)c8ccc9ccccc9c8)cc7)cc(c4-6)CC5)cc3)c3ccc4ccccc4c3)ccc2c1. The minimum Gasteiger partial charge on any atom is -0.310 e. The maximum absolute atomic E-state index is 2.49. The van der Waals surface area contributed by atoms with Crippen molar-refractivity contribution in [2.45, 2.75) is 25.7 Å². The molecule has 0 bridgehead atoms. The van der Waals surface area contributed by atoms with Crippen LogP contribution in [0.1, 0.15) is 22.3 Å². The topological polar surface area (TPSA) is 6.48 Å². The molecule has 12 aromatic carbocycles. The molecule has 0 spiro atoms. The smallest absolute Gasteiger partial charge is 0.0468 e. The minimum atomic E-state index is 1.05. The van der Waals surface area contributed by atoms with Crippen LogP contribution < -0.4 is 9.80 Å². The monoisotopic (exact) mass is 892 g/mol. The van der Waals surface area contributed by atoms with Crippen molar-refractivity contribution >= 4 is 77.2 Å². The molecule has 330 valence electrons. The van der Waals surface area contributed by atoms with Crippen LogP contribution in [0, 0.1) is 0 Å². The highest BCUT2D eigenvalue weighted by Crippen LogP contribution is 2.47. The lowest BCUT2D eigenvalue weighted by Crippen LogP contribution is -2.14. The second kappa shape index (κ2) is 16.5. The van der Waals surface area contributed by atoms with Gasteiger partial charge in [-0.15, -0.1) is 0 Å². The molecule has 0 fully saturated rings. The summed E-state index contributed by atoms with van der Waals surface area (Å²) in [7, 11) is 0. The van der Waals surface area contributed by atoms with Gasteiger partial charge in [0.15, 0.2) is 0 Å². The molecule has 0 heterocycles. The number of hydrogen-bond donors (Lipinski definition) is 0. The molecule has 0 aromatic heterocycles. The molecule has 0 aliphatic heterocycles. The summed E-state index contributed by atoms with van der Waals surface area (Å²) in [6.45, 7) is 0. The third-order valence-corrected chi connectivity index (χ3v) is 15.1. The van der Waals surface area contributed by atoms with Gasteiger partial charge in [0.2, 0.25) is 0 Å². The van der Waals surface area contributed by atoms with Gasteiger partial charge in [0, 0.05) is 34.1 Å². The molecular weight excluding hydrogens is 845 g/mol. The molecule has 0 saturated heterocycles. The van der Waals surface area contributed by atoms with Gasteiger partial charge >= 0.3 is 0 Å².